The van der Waals surface area contributed by atoms with Gasteiger partial charge in [-0.1, -0.05) is 6.42 Å². The van der Waals surface area contributed by atoms with E-state index in [9.17, 15) is 0 Å². The summed E-state index contributed by atoms with van der Waals surface area (Å²) in [6.45, 7) is 9.60. The number of likely N-dealkylation sites (tertiary alicyclic amines) is 1. The summed E-state index contributed by atoms with van der Waals surface area (Å²) in [5.41, 5.74) is 1.46. The van der Waals surface area contributed by atoms with Crippen molar-refractivity contribution in [3.8, 4) is 0 Å². The van der Waals surface area contributed by atoms with Crippen LogP contribution in [0.15, 0.2) is 16.8 Å². The van der Waals surface area contributed by atoms with Crippen LogP contribution in [0.2, 0.25) is 0 Å². The van der Waals surface area contributed by atoms with Gasteiger partial charge in [0.15, 0.2) is 0 Å². The number of hydrogen-bond acceptors (Lipinski definition) is 3. The SMILES string of the molecule is CC(NC1C2CCCC1CN(C(C)C)C2)c1ccsc1. The maximum atomic E-state index is 3.96. The van der Waals surface area contributed by atoms with Crippen molar-refractivity contribution in [2.45, 2.75) is 58.2 Å². The molecule has 2 heterocycles. The van der Waals surface area contributed by atoms with Gasteiger partial charge < -0.3 is 10.2 Å². The van der Waals surface area contributed by atoms with Crippen LogP contribution in [0.4, 0.5) is 0 Å². The van der Waals surface area contributed by atoms with Crippen LogP contribution in [0.25, 0.3) is 0 Å². The molecule has 3 unspecified atom stereocenters. The highest BCUT2D eigenvalue weighted by molar-refractivity contribution is 7.07. The molecule has 112 valence electrons. The Kier molecular flexibility index (Phi) is 4.49. The Bertz CT molecular complexity index is 401. The highest BCUT2D eigenvalue weighted by Gasteiger charge is 2.40. The third kappa shape index (κ3) is 2.95. The van der Waals surface area contributed by atoms with Gasteiger partial charge in [0.2, 0.25) is 0 Å². The molecule has 0 radical (unpaired) electrons. The molecule has 1 aromatic heterocycles. The topological polar surface area (TPSA) is 15.3 Å². The van der Waals surface area contributed by atoms with Crippen molar-refractivity contribution in [1.29, 1.82) is 0 Å². The second kappa shape index (κ2) is 6.17. The molecule has 20 heavy (non-hydrogen) atoms. The van der Waals surface area contributed by atoms with Crippen LogP contribution in [0.3, 0.4) is 0 Å². The van der Waals surface area contributed by atoms with E-state index in [0.717, 1.165) is 17.9 Å². The van der Waals surface area contributed by atoms with Gasteiger partial charge >= 0.3 is 0 Å². The van der Waals surface area contributed by atoms with E-state index in [4.69, 9.17) is 0 Å². The fourth-order valence-electron chi connectivity index (χ4n) is 4.07. The lowest BCUT2D eigenvalue weighted by atomic mass is 9.73. The van der Waals surface area contributed by atoms with Crippen molar-refractivity contribution in [3.05, 3.63) is 22.4 Å². The minimum Gasteiger partial charge on any atom is -0.307 e. The summed E-state index contributed by atoms with van der Waals surface area (Å²) in [6.07, 6.45) is 4.26. The Labute approximate surface area is 127 Å². The molecule has 0 aromatic carbocycles. The summed E-state index contributed by atoms with van der Waals surface area (Å²) in [7, 11) is 0. The fraction of sp³-hybridized carbons (Fsp3) is 0.765. The summed E-state index contributed by atoms with van der Waals surface area (Å²) in [4.78, 5) is 2.70. The predicted octanol–water partition coefficient (Wildman–Crippen LogP) is 3.91. The highest BCUT2D eigenvalue weighted by atomic mass is 32.1. The van der Waals surface area contributed by atoms with E-state index in [0.29, 0.717) is 12.1 Å². The first kappa shape index (κ1) is 14.6. The summed E-state index contributed by atoms with van der Waals surface area (Å²) in [5.74, 6) is 1.71. The van der Waals surface area contributed by atoms with Crippen molar-refractivity contribution in [2.75, 3.05) is 13.1 Å². The summed E-state index contributed by atoms with van der Waals surface area (Å²) < 4.78 is 0. The van der Waals surface area contributed by atoms with E-state index < -0.39 is 0 Å². The quantitative estimate of drug-likeness (QED) is 0.905. The number of nitrogens with zero attached hydrogens (tertiary/aromatic N) is 1. The van der Waals surface area contributed by atoms with Gasteiger partial charge in [0, 0.05) is 31.2 Å². The molecule has 1 saturated carbocycles. The van der Waals surface area contributed by atoms with E-state index in [1.807, 2.05) is 11.3 Å². The average Bonchev–Trinajstić information content (AvgIpc) is 2.91. The van der Waals surface area contributed by atoms with Crippen molar-refractivity contribution in [3.63, 3.8) is 0 Å². The van der Waals surface area contributed by atoms with Crippen LogP contribution >= 0.6 is 11.3 Å². The maximum Gasteiger partial charge on any atom is 0.0302 e. The monoisotopic (exact) mass is 292 g/mol. The zero-order valence-corrected chi connectivity index (χ0v) is 13.8. The van der Waals surface area contributed by atoms with Crippen molar-refractivity contribution in [1.82, 2.24) is 10.2 Å². The van der Waals surface area contributed by atoms with Gasteiger partial charge in [-0.15, -0.1) is 0 Å². The second-order valence-corrected chi connectivity index (χ2v) is 7.75. The minimum atomic E-state index is 0.500. The standard InChI is InChI=1S/C17H28N2S/c1-12(2)19-9-14-5-4-6-15(10-19)17(14)18-13(3)16-7-8-20-11-16/h7-8,11-15,17-18H,4-6,9-10H2,1-3H3. The first-order valence-electron chi connectivity index (χ1n) is 8.17. The smallest absolute Gasteiger partial charge is 0.0302 e. The van der Waals surface area contributed by atoms with Crippen LogP contribution in [0, 0.1) is 11.8 Å². The summed E-state index contributed by atoms with van der Waals surface area (Å²) in [6, 6.07) is 4.20. The van der Waals surface area contributed by atoms with Gasteiger partial charge in [-0.05, 0) is 67.8 Å². The Hall–Kier alpha value is -0.380. The Balaban J connectivity index is 1.67. The molecule has 3 atom stereocenters. The molecule has 3 heteroatoms. The van der Waals surface area contributed by atoms with Crippen LogP contribution in [-0.2, 0) is 0 Å². The number of thiophene rings is 1. The van der Waals surface area contributed by atoms with Crippen molar-refractivity contribution in [2.24, 2.45) is 11.8 Å². The Morgan fingerprint density at radius 1 is 1.20 bits per heavy atom. The molecule has 1 aliphatic heterocycles. The first-order valence-corrected chi connectivity index (χ1v) is 9.11. The van der Waals surface area contributed by atoms with Gasteiger partial charge in [-0.25, -0.2) is 0 Å². The molecular formula is C17H28N2S. The molecule has 1 saturated heterocycles. The third-order valence-electron chi connectivity index (χ3n) is 5.32. The lowest BCUT2D eigenvalue weighted by molar-refractivity contribution is 0.0257. The Morgan fingerprint density at radius 2 is 1.90 bits per heavy atom. The third-order valence-corrected chi connectivity index (χ3v) is 6.02. The number of nitrogens with one attached hydrogen (secondary N) is 1. The maximum absolute atomic E-state index is 3.96. The molecule has 0 spiro atoms. The number of piperidine rings is 1. The van der Waals surface area contributed by atoms with E-state index in [1.165, 1.54) is 37.9 Å². The first-order chi connectivity index (χ1) is 9.65. The van der Waals surface area contributed by atoms with Crippen LogP contribution in [0.1, 0.15) is 51.6 Å². The predicted molar refractivity (Wildman–Crippen MR) is 87.2 cm³/mol. The van der Waals surface area contributed by atoms with Gasteiger partial charge in [0.25, 0.3) is 0 Å². The number of rotatable bonds is 4. The van der Waals surface area contributed by atoms with Crippen LogP contribution in [0.5, 0.6) is 0 Å². The molecule has 2 aliphatic rings. The molecule has 3 rings (SSSR count). The van der Waals surface area contributed by atoms with Gasteiger partial charge in [-0.3, -0.25) is 0 Å². The van der Waals surface area contributed by atoms with Crippen molar-refractivity contribution >= 4 is 11.3 Å². The number of hydrogen-bond donors (Lipinski definition) is 1. The van der Waals surface area contributed by atoms with Gasteiger partial charge in [0.1, 0.15) is 0 Å². The Morgan fingerprint density at radius 3 is 2.45 bits per heavy atom. The van der Waals surface area contributed by atoms with Crippen LogP contribution < -0.4 is 5.32 Å². The molecule has 1 aromatic rings. The molecule has 1 aliphatic carbocycles. The largest absolute Gasteiger partial charge is 0.307 e. The van der Waals surface area contributed by atoms with Crippen LogP contribution in [-0.4, -0.2) is 30.1 Å². The molecular weight excluding hydrogens is 264 g/mol. The lowest BCUT2D eigenvalue weighted by Gasteiger charge is -2.49. The average molecular weight is 292 g/mol. The fourth-order valence-corrected chi connectivity index (χ4v) is 4.83. The van der Waals surface area contributed by atoms with E-state index in [-0.39, 0.29) is 0 Å². The van der Waals surface area contributed by atoms with Gasteiger partial charge in [0.05, 0.1) is 0 Å². The second-order valence-electron chi connectivity index (χ2n) is 6.97. The molecule has 2 bridgehead atoms. The van der Waals surface area contributed by atoms with E-state index in [2.05, 4.69) is 47.8 Å². The zero-order chi connectivity index (χ0) is 14.1. The number of fused-ring (bicyclic) bond motifs is 2. The molecule has 2 fully saturated rings. The van der Waals surface area contributed by atoms with Crippen molar-refractivity contribution < 1.29 is 0 Å². The van der Waals surface area contributed by atoms with E-state index in [1.54, 1.807) is 0 Å². The van der Waals surface area contributed by atoms with Gasteiger partial charge in [-0.2, -0.15) is 11.3 Å². The normalized spacial score (nSPS) is 32.5. The minimum absolute atomic E-state index is 0.500. The molecule has 0 amide bonds. The van der Waals surface area contributed by atoms with E-state index >= 15 is 0 Å². The highest BCUT2D eigenvalue weighted by Crippen LogP contribution is 2.36. The molecule has 1 N–H and O–H groups in total. The molecule has 2 nitrogen and oxygen atoms in total. The summed E-state index contributed by atoms with van der Waals surface area (Å²) in [5, 5.41) is 8.44. The summed E-state index contributed by atoms with van der Waals surface area (Å²) >= 11 is 1.81. The zero-order valence-electron chi connectivity index (χ0n) is 13.0. The lowest BCUT2D eigenvalue weighted by Crippen LogP contribution is -2.58.